The van der Waals surface area contributed by atoms with Crippen LogP contribution in [0.3, 0.4) is 0 Å². The van der Waals surface area contributed by atoms with Crippen LogP contribution in [-0.2, 0) is 0 Å². The quantitative estimate of drug-likeness (QED) is 0.510. The van der Waals surface area contributed by atoms with Gasteiger partial charge >= 0.3 is 0 Å². The minimum Gasteiger partial charge on any atom is -0.0917 e. The molecule has 0 radical (unpaired) electrons. The van der Waals surface area contributed by atoms with Gasteiger partial charge in [-0.15, -0.1) is 0 Å². The fraction of sp³-hybridized carbons (Fsp3) is 0.500. The molecule has 0 atom stereocenters. The van der Waals surface area contributed by atoms with Crippen molar-refractivity contribution in [1.29, 1.82) is 0 Å². The third-order valence-electron chi connectivity index (χ3n) is 0.238. The van der Waals surface area contributed by atoms with E-state index in [1.807, 2.05) is 0 Å². The van der Waals surface area contributed by atoms with Crippen LogP contribution in [0.1, 0.15) is 18.8 Å². The molecule has 0 N–H and O–H groups in total. The summed E-state index contributed by atoms with van der Waals surface area (Å²) < 4.78 is 27.4. The van der Waals surface area contributed by atoms with Crippen LogP contribution < -0.4 is 0 Å². The average molecular weight is 129 g/mol. The molecule has 0 aromatic heterocycles. The van der Waals surface area contributed by atoms with E-state index in [4.69, 9.17) is 28.7 Å². The van der Waals surface area contributed by atoms with E-state index in [9.17, 15) is 0 Å². The third-order valence-corrected chi connectivity index (χ3v) is 0.752. The van der Waals surface area contributed by atoms with Gasteiger partial charge in [0.25, 0.3) is 0 Å². The predicted octanol–water partition coefficient (Wildman–Crippen LogP) is 2.72. The fourth-order valence-electron chi connectivity index (χ4n) is 0.0334. The first-order chi connectivity index (χ1) is 4.41. The maximum absolute atomic E-state index is 7.00. The van der Waals surface area contributed by atoms with Gasteiger partial charge in [-0.1, -0.05) is 30.1 Å². The van der Waals surface area contributed by atoms with Gasteiger partial charge < -0.3 is 0 Å². The topological polar surface area (TPSA) is 0 Å². The molecule has 0 aromatic rings. The largest absolute Gasteiger partial charge is 0.0917 e. The minimum absolute atomic E-state index is 0.413. The van der Waals surface area contributed by atoms with Crippen molar-refractivity contribution in [3.63, 3.8) is 0 Å². The maximum atomic E-state index is 7.00. The second kappa shape index (κ2) is 3.51. The van der Waals surface area contributed by atoms with E-state index in [-0.39, 0.29) is 0 Å². The monoisotopic (exact) mass is 128 g/mol. The minimum atomic E-state index is -1.99. The Balaban J connectivity index is 4.49. The second-order valence-corrected chi connectivity index (χ2v) is 1.15. The Morgan fingerprint density at radius 2 is 3.17 bits per heavy atom. The molecular formula is C4H6Cl2. The predicted molar refractivity (Wildman–Crippen MR) is 30.1 cm³/mol. The molecule has 0 aromatic carbocycles. The highest BCUT2D eigenvalue weighted by Crippen LogP contribution is 2.05. The second-order valence-electron chi connectivity index (χ2n) is 0.585. The lowest BCUT2D eigenvalue weighted by Gasteiger charge is -1.80. The zero-order chi connectivity index (χ0) is 8.36. The first-order valence-corrected chi connectivity index (χ1v) is 1.99. The van der Waals surface area contributed by atoms with Crippen LogP contribution in [-0.4, -0.2) is 0 Å². The summed E-state index contributed by atoms with van der Waals surface area (Å²) in [6.45, 7) is -0.527. The van der Waals surface area contributed by atoms with Crippen molar-refractivity contribution in [2.75, 3.05) is 0 Å². The molecule has 36 valence electrons. The molecule has 0 saturated carbocycles. The van der Waals surface area contributed by atoms with E-state index in [2.05, 4.69) is 0 Å². The Morgan fingerprint density at radius 3 is 3.33 bits per heavy atom. The SMILES string of the molecule is [2H]CC([2H])([2H])C(Cl)=C([2H])Cl. The highest BCUT2D eigenvalue weighted by Gasteiger charge is 1.78. The number of rotatable bonds is 1. The first kappa shape index (κ1) is 2.06. The highest BCUT2D eigenvalue weighted by atomic mass is 35.5. The standard InChI is InChI=1S/C4H6Cl2/c1-2-4(6)3-5/h3H,2H2,1H3/i1D,2D2,3D. The van der Waals surface area contributed by atoms with E-state index < -0.39 is 23.8 Å². The molecule has 0 nitrogen and oxygen atoms in total. The number of halogens is 2. The van der Waals surface area contributed by atoms with Crippen LogP contribution in [0.5, 0.6) is 0 Å². The van der Waals surface area contributed by atoms with E-state index in [0.717, 1.165) is 0 Å². The van der Waals surface area contributed by atoms with Crippen LogP contribution >= 0.6 is 23.2 Å². The highest BCUT2D eigenvalue weighted by molar-refractivity contribution is 6.36. The normalized spacial score (nSPS) is 25.7. The van der Waals surface area contributed by atoms with Gasteiger partial charge in [-0.3, -0.25) is 0 Å². The summed E-state index contributed by atoms with van der Waals surface area (Å²) in [7, 11) is 0. The summed E-state index contributed by atoms with van der Waals surface area (Å²) in [5.41, 5.74) is -0.543. The van der Waals surface area contributed by atoms with Gasteiger partial charge in [0.1, 0.15) is 0 Å². The molecule has 0 heterocycles. The van der Waals surface area contributed by atoms with Gasteiger partial charge in [-0.2, -0.15) is 0 Å². The van der Waals surface area contributed by atoms with Gasteiger partial charge in [0, 0.05) is 14.7 Å². The van der Waals surface area contributed by atoms with Gasteiger partial charge in [-0.05, 0) is 6.37 Å². The number of hydrogen-bond acceptors (Lipinski definition) is 0. The van der Waals surface area contributed by atoms with Gasteiger partial charge in [0.05, 0.1) is 1.37 Å². The average Bonchev–Trinajstić information content (AvgIpc) is 1.86. The number of allylic oxidation sites excluding steroid dienone is 1. The van der Waals surface area contributed by atoms with E-state index in [0.29, 0.717) is 0 Å². The Morgan fingerprint density at radius 1 is 2.50 bits per heavy atom. The maximum Gasteiger partial charge on any atom is 0.0767 e. The molecule has 0 fully saturated rings. The summed E-state index contributed by atoms with van der Waals surface area (Å²) in [4.78, 5) is 0. The van der Waals surface area contributed by atoms with Crippen molar-refractivity contribution in [2.24, 2.45) is 0 Å². The van der Waals surface area contributed by atoms with Gasteiger partial charge in [0.2, 0.25) is 0 Å². The Bertz CT molecular complexity index is 149. The molecule has 2 heteroatoms. The van der Waals surface area contributed by atoms with Crippen molar-refractivity contribution in [3.8, 4) is 0 Å². The molecular weight excluding hydrogens is 119 g/mol. The van der Waals surface area contributed by atoms with Crippen LogP contribution in [0.2, 0.25) is 0 Å². The Labute approximate surface area is 53.4 Å². The van der Waals surface area contributed by atoms with Crippen LogP contribution in [0, 0.1) is 0 Å². The molecule has 0 unspecified atom stereocenters. The summed E-state index contributed by atoms with van der Waals surface area (Å²) in [6, 6.07) is 0. The van der Waals surface area contributed by atoms with Crippen molar-refractivity contribution in [3.05, 3.63) is 10.5 Å². The Kier molecular flexibility index (Phi) is 1.20. The van der Waals surface area contributed by atoms with Gasteiger partial charge in [0.15, 0.2) is 0 Å². The molecule has 0 bridgehead atoms. The lowest BCUT2D eigenvalue weighted by Crippen LogP contribution is -1.57. The third kappa shape index (κ3) is 2.55. The lowest BCUT2D eigenvalue weighted by atomic mass is 10.5. The van der Waals surface area contributed by atoms with Crippen LogP contribution in [0.4, 0.5) is 0 Å². The van der Waals surface area contributed by atoms with Crippen molar-refractivity contribution in [2.45, 2.75) is 13.3 Å². The molecule has 0 aliphatic heterocycles. The molecule has 0 saturated heterocycles. The summed E-state index contributed by atoms with van der Waals surface area (Å²) in [5.74, 6) is 0. The van der Waals surface area contributed by atoms with Crippen molar-refractivity contribution in [1.82, 2.24) is 0 Å². The molecule has 0 aliphatic carbocycles. The zero-order valence-corrected chi connectivity index (χ0v) is 4.47. The molecule has 0 aliphatic rings. The number of hydrogen-bond donors (Lipinski definition) is 0. The van der Waals surface area contributed by atoms with Gasteiger partial charge in [-0.25, -0.2) is 0 Å². The van der Waals surface area contributed by atoms with E-state index in [1.165, 1.54) is 0 Å². The van der Waals surface area contributed by atoms with Crippen molar-refractivity contribution < 1.29 is 5.48 Å². The lowest BCUT2D eigenvalue weighted by molar-refractivity contribution is 1.20. The summed E-state index contributed by atoms with van der Waals surface area (Å²) in [6.07, 6.45) is -1.99. The van der Waals surface area contributed by atoms with Crippen molar-refractivity contribution >= 4 is 23.2 Å². The fourth-order valence-corrected chi connectivity index (χ4v) is 0.100. The molecule has 0 rings (SSSR count). The molecule has 6 heavy (non-hydrogen) atoms. The van der Waals surface area contributed by atoms with Crippen LogP contribution in [0.25, 0.3) is 0 Å². The first-order valence-electron chi connectivity index (χ1n) is 3.44. The van der Waals surface area contributed by atoms with E-state index in [1.54, 1.807) is 0 Å². The molecule has 0 amide bonds. The zero-order valence-electron chi connectivity index (χ0n) is 6.96. The molecule has 0 spiro atoms. The van der Waals surface area contributed by atoms with E-state index >= 15 is 0 Å². The summed E-state index contributed by atoms with van der Waals surface area (Å²) >= 11 is 10.4. The smallest absolute Gasteiger partial charge is 0.0767 e. The Hall–Kier alpha value is 0.320. The summed E-state index contributed by atoms with van der Waals surface area (Å²) in [5, 5.41) is -0.413. The van der Waals surface area contributed by atoms with Crippen LogP contribution in [0.15, 0.2) is 10.5 Å².